The number of carbonyl (C=O) groups is 1. The second-order valence-corrected chi connectivity index (χ2v) is 3.74. The average Bonchev–Trinajstić information content (AvgIpc) is 2.49. The van der Waals surface area contributed by atoms with Gasteiger partial charge in [-0.3, -0.25) is 0 Å². The van der Waals surface area contributed by atoms with E-state index in [9.17, 15) is 4.79 Å². The Morgan fingerprint density at radius 2 is 1.65 bits per heavy atom. The fraction of sp³-hybridized carbons (Fsp3) is 0.167. The summed E-state index contributed by atoms with van der Waals surface area (Å²) in [6.07, 6.45) is 6.56. The number of rotatable bonds is 5. The maximum Gasteiger partial charge on any atom is 0.330 e. The lowest BCUT2D eigenvalue weighted by molar-refractivity contribution is -0.132. The van der Waals surface area contributed by atoms with E-state index in [-0.39, 0.29) is 0 Å². The van der Waals surface area contributed by atoms with E-state index in [2.05, 4.69) is 26.3 Å². The molecule has 0 saturated heterocycles. The molecule has 0 radical (unpaired) electrons. The van der Waals surface area contributed by atoms with Crippen molar-refractivity contribution < 1.29 is 9.90 Å². The molecule has 0 fully saturated rings. The van der Waals surface area contributed by atoms with Crippen LogP contribution in [0.4, 0.5) is 0 Å². The number of benzene rings is 1. The first-order valence-electron chi connectivity index (χ1n) is 6.35. The lowest BCUT2D eigenvalue weighted by Crippen LogP contribution is -1.97. The zero-order valence-electron chi connectivity index (χ0n) is 12.2. The summed E-state index contributed by atoms with van der Waals surface area (Å²) in [5.41, 5.74) is 1.47. The van der Waals surface area contributed by atoms with Gasteiger partial charge in [0, 0.05) is 5.57 Å². The van der Waals surface area contributed by atoms with Gasteiger partial charge in [0.1, 0.15) is 0 Å². The van der Waals surface area contributed by atoms with E-state index in [1.54, 1.807) is 12.2 Å². The number of hydrogen-bond donors (Lipinski definition) is 1. The molecule has 0 saturated carbocycles. The molecule has 0 aliphatic carbocycles. The SMILES string of the molecule is C=C(CCC)C(=O)O.C=CC=C.C=Cc1ccccc1. The van der Waals surface area contributed by atoms with Crippen molar-refractivity contribution in [3.63, 3.8) is 0 Å². The zero-order valence-corrected chi connectivity index (χ0v) is 12.2. The van der Waals surface area contributed by atoms with Gasteiger partial charge < -0.3 is 5.11 Å². The molecule has 1 N–H and O–H groups in total. The first-order valence-corrected chi connectivity index (χ1v) is 6.35. The van der Waals surface area contributed by atoms with E-state index in [1.165, 1.54) is 5.56 Å². The van der Waals surface area contributed by atoms with Crippen molar-refractivity contribution in [1.82, 2.24) is 0 Å². The Kier molecular flexibility index (Phi) is 14.7. The van der Waals surface area contributed by atoms with E-state index in [1.807, 2.05) is 43.3 Å². The fourth-order valence-corrected chi connectivity index (χ4v) is 0.998. The minimum atomic E-state index is -0.883. The maximum atomic E-state index is 9.99. The third-order valence-electron chi connectivity index (χ3n) is 2.06. The van der Waals surface area contributed by atoms with Gasteiger partial charge in [-0.05, 0) is 12.0 Å². The highest BCUT2D eigenvalue weighted by atomic mass is 16.4. The van der Waals surface area contributed by atoms with Crippen LogP contribution in [0, 0.1) is 0 Å². The normalized spacial score (nSPS) is 7.85. The predicted molar refractivity (Wildman–Crippen MR) is 88.6 cm³/mol. The number of hydrogen-bond acceptors (Lipinski definition) is 1. The molecule has 0 bridgehead atoms. The monoisotopic (exact) mass is 272 g/mol. The topological polar surface area (TPSA) is 37.3 Å². The van der Waals surface area contributed by atoms with Crippen LogP contribution >= 0.6 is 0 Å². The molecule has 108 valence electrons. The van der Waals surface area contributed by atoms with Crippen molar-refractivity contribution in [2.75, 3.05) is 0 Å². The molecule has 2 nitrogen and oxygen atoms in total. The summed E-state index contributed by atoms with van der Waals surface area (Å²) in [5.74, 6) is -0.883. The van der Waals surface area contributed by atoms with Crippen molar-refractivity contribution in [1.29, 1.82) is 0 Å². The molecule has 0 atom stereocenters. The van der Waals surface area contributed by atoms with Gasteiger partial charge in [-0.15, -0.1) is 0 Å². The standard InChI is InChI=1S/C8H8.C6H10O2.C4H6/c1-2-8-6-4-3-5-7-8;1-3-4-5(2)6(7)8;1-3-4-2/h2-7H,1H2;2-4H2,1H3,(H,7,8);3-4H,1-2H2. The molecule has 0 heterocycles. The average molecular weight is 272 g/mol. The molecule has 0 aliphatic heterocycles. The van der Waals surface area contributed by atoms with Gasteiger partial charge in [0.25, 0.3) is 0 Å². The lowest BCUT2D eigenvalue weighted by Gasteiger charge is -1.92. The Morgan fingerprint density at radius 3 is 1.85 bits per heavy atom. The number of aliphatic carboxylic acids is 1. The van der Waals surface area contributed by atoms with Crippen LogP contribution in [0.1, 0.15) is 25.3 Å². The molecule has 0 spiro atoms. The van der Waals surface area contributed by atoms with Crippen LogP contribution in [0.5, 0.6) is 0 Å². The molecular weight excluding hydrogens is 248 g/mol. The first-order chi connectivity index (χ1) is 9.53. The highest BCUT2D eigenvalue weighted by Crippen LogP contribution is 1.99. The van der Waals surface area contributed by atoms with Gasteiger partial charge >= 0.3 is 5.97 Å². The summed E-state index contributed by atoms with van der Waals surface area (Å²) < 4.78 is 0. The van der Waals surface area contributed by atoms with Crippen LogP contribution in [-0.2, 0) is 4.79 Å². The minimum Gasteiger partial charge on any atom is -0.478 e. The summed E-state index contributed by atoms with van der Waals surface area (Å²) >= 11 is 0. The van der Waals surface area contributed by atoms with E-state index < -0.39 is 5.97 Å². The fourth-order valence-electron chi connectivity index (χ4n) is 0.998. The smallest absolute Gasteiger partial charge is 0.330 e. The summed E-state index contributed by atoms with van der Waals surface area (Å²) in [4.78, 5) is 9.99. The summed E-state index contributed by atoms with van der Waals surface area (Å²) in [6.45, 7) is 15.6. The van der Waals surface area contributed by atoms with Crippen LogP contribution in [0.15, 0.2) is 74.4 Å². The van der Waals surface area contributed by atoms with Gasteiger partial charge in [0.2, 0.25) is 0 Å². The molecule has 0 unspecified atom stereocenters. The minimum absolute atomic E-state index is 0.299. The molecule has 1 rings (SSSR count). The maximum absolute atomic E-state index is 9.99. The van der Waals surface area contributed by atoms with E-state index in [4.69, 9.17) is 5.11 Å². The molecule has 1 aromatic rings. The van der Waals surface area contributed by atoms with E-state index in [0.717, 1.165) is 6.42 Å². The van der Waals surface area contributed by atoms with Crippen LogP contribution in [-0.4, -0.2) is 11.1 Å². The Bertz CT molecular complexity index is 410. The zero-order chi connectivity index (χ0) is 15.8. The third kappa shape index (κ3) is 13.7. The van der Waals surface area contributed by atoms with Crippen LogP contribution in [0.3, 0.4) is 0 Å². The molecule has 1 aromatic carbocycles. The van der Waals surface area contributed by atoms with Crippen LogP contribution in [0.25, 0.3) is 6.08 Å². The third-order valence-corrected chi connectivity index (χ3v) is 2.06. The van der Waals surface area contributed by atoms with Gasteiger partial charge in [-0.2, -0.15) is 0 Å². The molecule has 0 aromatic heterocycles. The van der Waals surface area contributed by atoms with Crippen LogP contribution in [0.2, 0.25) is 0 Å². The van der Waals surface area contributed by atoms with Crippen molar-refractivity contribution in [3.05, 3.63) is 79.9 Å². The highest BCUT2D eigenvalue weighted by Gasteiger charge is 1.99. The van der Waals surface area contributed by atoms with E-state index in [0.29, 0.717) is 12.0 Å². The van der Waals surface area contributed by atoms with Crippen molar-refractivity contribution in [2.24, 2.45) is 0 Å². The van der Waals surface area contributed by atoms with Gasteiger partial charge in [-0.1, -0.05) is 88.2 Å². The molecular formula is C18H24O2. The predicted octanol–water partition coefficient (Wildman–Crippen LogP) is 5.12. The quantitative estimate of drug-likeness (QED) is 0.597. The summed E-state index contributed by atoms with van der Waals surface area (Å²) in [7, 11) is 0. The number of carboxylic acid groups (broad SMARTS) is 1. The molecule has 20 heavy (non-hydrogen) atoms. The molecule has 0 amide bonds. The van der Waals surface area contributed by atoms with Crippen LogP contribution < -0.4 is 0 Å². The van der Waals surface area contributed by atoms with Crippen molar-refractivity contribution in [3.8, 4) is 0 Å². The van der Waals surface area contributed by atoms with Crippen molar-refractivity contribution >= 4 is 12.0 Å². The Labute approximate surface area is 122 Å². The number of allylic oxidation sites excluding steroid dienone is 2. The van der Waals surface area contributed by atoms with Crippen molar-refractivity contribution in [2.45, 2.75) is 19.8 Å². The summed E-state index contributed by atoms with van der Waals surface area (Å²) in [5, 5.41) is 8.21. The second-order valence-electron chi connectivity index (χ2n) is 3.74. The first kappa shape index (κ1) is 20.0. The number of carboxylic acids is 1. The summed E-state index contributed by atoms with van der Waals surface area (Å²) in [6, 6.07) is 10.0. The van der Waals surface area contributed by atoms with Gasteiger partial charge in [0.15, 0.2) is 0 Å². The Balaban J connectivity index is 0. The Hall–Kier alpha value is -2.35. The molecule has 2 heteroatoms. The van der Waals surface area contributed by atoms with E-state index >= 15 is 0 Å². The Morgan fingerprint density at radius 1 is 1.15 bits per heavy atom. The van der Waals surface area contributed by atoms with Gasteiger partial charge in [-0.25, -0.2) is 4.79 Å². The lowest BCUT2D eigenvalue weighted by atomic mass is 10.2. The molecule has 0 aliphatic rings. The highest BCUT2D eigenvalue weighted by molar-refractivity contribution is 5.85. The van der Waals surface area contributed by atoms with Gasteiger partial charge in [0.05, 0.1) is 0 Å². The second kappa shape index (κ2) is 14.7. The largest absolute Gasteiger partial charge is 0.478 e.